The minimum absolute atomic E-state index is 0.318. The number of ether oxygens (including phenoxy) is 1. The van der Waals surface area contributed by atoms with E-state index in [0.717, 1.165) is 6.54 Å². The minimum atomic E-state index is -0.969. The van der Waals surface area contributed by atoms with Gasteiger partial charge in [0.25, 0.3) is 6.47 Å². The molecule has 102 valence electrons. The molecule has 1 N–H and O–H groups in total. The number of nitrogens with one attached hydrogen (secondary N) is 1. The molecule has 0 aromatic rings. The zero-order chi connectivity index (χ0) is 13.5. The van der Waals surface area contributed by atoms with E-state index in [4.69, 9.17) is 0 Å². The first-order chi connectivity index (χ1) is 7.68. The molecule has 1 rings (SSSR count). The summed E-state index contributed by atoms with van der Waals surface area (Å²) in [6.07, 6.45) is 0.658. The van der Waals surface area contributed by atoms with E-state index in [-0.39, 0.29) is 5.60 Å². The smallest absolute Gasteiger partial charge is 0.293 e. The molecular formula is C12H25FN2O2. The molecule has 1 aliphatic rings. The van der Waals surface area contributed by atoms with Crippen molar-refractivity contribution < 1.29 is 13.9 Å². The second-order valence-electron chi connectivity index (χ2n) is 5.64. The Bertz CT molecular complexity index is 221. The van der Waals surface area contributed by atoms with Gasteiger partial charge in [0, 0.05) is 13.1 Å². The Morgan fingerprint density at radius 1 is 1.47 bits per heavy atom. The number of halogens is 1. The molecule has 17 heavy (non-hydrogen) atoms. The quantitative estimate of drug-likeness (QED) is 0.762. The van der Waals surface area contributed by atoms with Gasteiger partial charge in [-0.3, -0.25) is 4.79 Å². The van der Waals surface area contributed by atoms with Crippen LogP contribution in [0.4, 0.5) is 4.39 Å². The highest BCUT2D eigenvalue weighted by atomic mass is 19.1. The van der Waals surface area contributed by atoms with Crippen LogP contribution in [0.2, 0.25) is 0 Å². The van der Waals surface area contributed by atoms with Gasteiger partial charge in [0.2, 0.25) is 0 Å². The highest BCUT2D eigenvalue weighted by Gasteiger charge is 2.33. The van der Waals surface area contributed by atoms with E-state index in [9.17, 15) is 9.18 Å². The van der Waals surface area contributed by atoms with Crippen LogP contribution in [0, 0.1) is 0 Å². The first-order valence-corrected chi connectivity index (χ1v) is 5.84. The maximum absolute atomic E-state index is 13.5. The molecule has 0 radical (unpaired) electrons. The Morgan fingerprint density at radius 3 is 2.29 bits per heavy atom. The summed E-state index contributed by atoms with van der Waals surface area (Å²) in [5, 5.41) is 3.02. The van der Waals surface area contributed by atoms with Gasteiger partial charge in [-0.15, -0.1) is 0 Å². The minimum Gasteiger partial charge on any atom is -0.462 e. The van der Waals surface area contributed by atoms with Crippen LogP contribution in [0.1, 0.15) is 27.2 Å². The van der Waals surface area contributed by atoms with Crippen LogP contribution >= 0.6 is 0 Å². The van der Waals surface area contributed by atoms with E-state index in [0.29, 0.717) is 26.0 Å². The lowest BCUT2D eigenvalue weighted by Gasteiger charge is -2.22. The highest BCUT2D eigenvalue weighted by molar-refractivity contribution is 5.37. The summed E-state index contributed by atoms with van der Waals surface area (Å²) in [7, 11) is 3.80. The molecular weight excluding hydrogens is 223 g/mol. The number of alkyl halides is 1. The third-order valence-corrected chi connectivity index (χ3v) is 2.19. The van der Waals surface area contributed by atoms with E-state index in [1.54, 1.807) is 0 Å². The number of carbonyl (C=O) groups is 1. The molecule has 0 spiro atoms. The summed E-state index contributed by atoms with van der Waals surface area (Å²) >= 11 is 0. The molecule has 0 saturated carbocycles. The predicted molar refractivity (Wildman–Crippen MR) is 66.8 cm³/mol. The Hall–Kier alpha value is -0.680. The van der Waals surface area contributed by atoms with E-state index >= 15 is 0 Å². The summed E-state index contributed by atoms with van der Waals surface area (Å²) in [5.74, 6) is 0. The summed E-state index contributed by atoms with van der Waals surface area (Å²) in [6.45, 7) is 7.81. The average Bonchev–Trinajstić information content (AvgIpc) is 2.48. The van der Waals surface area contributed by atoms with Gasteiger partial charge in [-0.25, -0.2) is 4.39 Å². The van der Waals surface area contributed by atoms with Gasteiger partial charge in [0.15, 0.2) is 0 Å². The van der Waals surface area contributed by atoms with Gasteiger partial charge in [-0.2, -0.15) is 0 Å². The van der Waals surface area contributed by atoms with E-state index in [1.165, 1.54) is 0 Å². The maximum Gasteiger partial charge on any atom is 0.293 e. The Labute approximate surface area is 104 Å². The molecule has 0 amide bonds. The lowest BCUT2D eigenvalue weighted by Crippen LogP contribution is -2.37. The van der Waals surface area contributed by atoms with Gasteiger partial charge in [0.1, 0.15) is 11.3 Å². The van der Waals surface area contributed by atoms with Crippen molar-refractivity contribution in [2.45, 2.75) is 38.5 Å². The normalized spacial score (nSPS) is 24.2. The SMILES string of the molecule is CC(C)(C)OC=O.CN(C)CC1(F)CCNC1. The van der Waals surface area contributed by atoms with E-state index < -0.39 is 5.67 Å². The molecule has 1 heterocycles. The zero-order valence-electron chi connectivity index (χ0n) is 11.5. The molecule has 4 nitrogen and oxygen atoms in total. The highest BCUT2D eigenvalue weighted by Crippen LogP contribution is 2.19. The van der Waals surface area contributed by atoms with Crippen molar-refractivity contribution >= 4 is 6.47 Å². The van der Waals surface area contributed by atoms with Gasteiger partial charge in [0.05, 0.1) is 0 Å². The van der Waals surface area contributed by atoms with Gasteiger partial charge in [-0.1, -0.05) is 0 Å². The molecule has 0 aliphatic carbocycles. The number of hydrogen-bond acceptors (Lipinski definition) is 4. The van der Waals surface area contributed by atoms with Crippen molar-refractivity contribution in [3.05, 3.63) is 0 Å². The number of hydrogen-bond donors (Lipinski definition) is 1. The predicted octanol–water partition coefficient (Wildman–Crippen LogP) is 1.21. The van der Waals surface area contributed by atoms with Crippen molar-refractivity contribution in [3.8, 4) is 0 Å². The summed E-state index contributed by atoms with van der Waals surface area (Å²) < 4.78 is 18.0. The van der Waals surface area contributed by atoms with Crippen molar-refractivity contribution in [2.75, 3.05) is 33.7 Å². The summed E-state index contributed by atoms with van der Waals surface area (Å²) in [4.78, 5) is 11.5. The second-order valence-corrected chi connectivity index (χ2v) is 5.64. The molecule has 1 fully saturated rings. The van der Waals surface area contributed by atoms with Gasteiger partial charge < -0.3 is 15.0 Å². The fourth-order valence-corrected chi connectivity index (χ4v) is 1.56. The molecule has 1 unspecified atom stereocenters. The van der Waals surface area contributed by atoms with E-state index in [1.807, 2.05) is 39.8 Å². The van der Waals surface area contributed by atoms with Crippen LogP contribution in [-0.2, 0) is 9.53 Å². The molecule has 1 atom stereocenters. The first kappa shape index (κ1) is 16.3. The Morgan fingerprint density at radius 2 is 2.06 bits per heavy atom. The van der Waals surface area contributed by atoms with Crippen LogP contribution in [-0.4, -0.2) is 56.4 Å². The maximum atomic E-state index is 13.5. The molecule has 1 saturated heterocycles. The standard InChI is InChI=1S/C7H15FN2.C5H10O2/c1-10(2)6-7(8)3-4-9-5-7;1-5(2,3)7-4-6/h9H,3-6H2,1-2H3;4H,1-3H3. The lowest BCUT2D eigenvalue weighted by molar-refractivity contribution is -0.138. The van der Waals surface area contributed by atoms with Crippen LogP contribution in [0.3, 0.4) is 0 Å². The van der Waals surface area contributed by atoms with Crippen molar-refractivity contribution in [1.82, 2.24) is 10.2 Å². The van der Waals surface area contributed by atoms with Crippen LogP contribution in [0.5, 0.6) is 0 Å². The van der Waals surface area contributed by atoms with Crippen molar-refractivity contribution in [2.24, 2.45) is 0 Å². The number of rotatable bonds is 3. The third-order valence-electron chi connectivity index (χ3n) is 2.19. The van der Waals surface area contributed by atoms with Gasteiger partial charge in [-0.05, 0) is 47.8 Å². The Balaban J connectivity index is 0.000000325. The van der Waals surface area contributed by atoms with Crippen LogP contribution in [0.25, 0.3) is 0 Å². The average molecular weight is 248 g/mol. The largest absolute Gasteiger partial charge is 0.462 e. The zero-order valence-corrected chi connectivity index (χ0v) is 11.5. The Kier molecular flexibility index (Phi) is 6.64. The number of carbonyl (C=O) groups excluding carboxylic acids is 1. The van der Waals surface area contributed by atoms with E-state index in [2.05, 4.69) is 10.1 Å². The molecule has 0 aromatic heterocycles. The summed E-state index contributed by atoms with van der Waals surface area (Å²) in [5.41, 5.74) is -1.29. The fourth-order valence-electron chi connectivity index (χ4n) is 1.56. The second kappa shape index (κ2) is 6.91. The summed E-state index contributed by atoms with van der Waals surface area (Å²) in [6, 6.07) is 0. The third kappa shape index (κ3) is 9.06. The lowest BCUT2D eigenvalue weighted by atomic mass is 10.1. The molecule has 5 heteroatoms. The van der Waals surface area contributed by atoms with Crippen molar-refractivity contribution in [3.63, 3.8) is 0 Å². The monoisotopic (exact) mass is 248 g/mol. The first-order valence-electron chi connectivity index (χ1n) is 5.84. The molecule has 0 bridgehead atoms. The van der Waals surface area contributed by atoms with Gasteiger partial charge >= 0.3 is 0 Å². The van der Waals surface area contributed by atoms with Crippen LogP contribution < -0.4 is 5.32 Å². The topological polar surface area (TPSA) is 41.6 Å². The fraction of sp³-hybridized carbons (Fsp3) is 0.917. The van der Waals surface area contributed by atoms with Crippen LogP contribution in [0.15, 0.2) is 0 Å². The van der Waals surface area contributed by atoms with Crippen molar-refractivity contribution in [1.29, 1.82) is 0 Å². The molecule has 1 aliphatic heterocycles. The molecule has 0 aromatic carbocycles. The number of nitrogens with zero attached hydrogens (tertiary/aromatic N) is 1.